The van der Waals surface area contributed by atoms with Crippen molar-refractivity contribution in [2.45, 2.75) is 45.2 Å². The van der Waals surface area contributed by atoms with Crippen LogP contribution in [0.5, 0.6) is 0 Å². The van der Waals surface area contributed by atoms with Crippen LogP contribution in [-0.2, 0) is 17.8 Å². The molecule has 8 heteroatoms. The second-order valence-corrected chi connectivity index (χ2v) is 6.30. The normalized spacial score (nSPS) is 13.7. The van der Waals surface area contributed by atoms with Crippen molar-refractivity contribution in [3.8, 4) is 0 Å². The Morgan fingerprint density at radius 2 is 2.12 bits per heavy atom. The maximum atomic E-state index is 12.2. The summed E-state index contributed by atoms with van der Waals surface area (Å²) in [7, 11) is 0. The van der Waals surface area contributed by atoms with Gasteiger partial charge in [-0.15, -0.1) is 24.8 Å². The lowest BCUT2D eigenvalue weighted by Crippen LogP contribution is -2.30. The van der Waals surface area contributed by atoms with Gasteiger partial charge in [-0.25, -0.2) is 0 Å². The number of carboxylic acid groups (broad SMARTS) is 1. The number of rotatable bonds is 6. The van der Waals surface area contributed by atoms with E-state index in [2.05, 4.69) is 15.6 Å². The fourth-order valence-corrected chi connectivity index (χ4v) is 3.25. The first-order valence-corrected chi connectivity index (χ1v) is 8.45. The lowest BCUT2D eigenvalue weighted by molar-refractivity contribution is -0.137. The largest absolute Gasteiger partial charge is 0.481 e. The van der Waals surface area contributed by atoms with Crippen molar-refractivity contribution in [1.29, 1.82) is 0 Å². The quantitative estimate of drug-likeness (QED) is 0.596. The zero-order valence-electron chi connectivity index (χ0n) is 14.6. The SMILES string of the molecule is CCC(CC(=O)O)NCc1ccc2c3c(c(=O)[nH]c2c1)CCCN3.Cl.Cl. The molecule has 144 valence electrons. The molecule has 1 aliphatic heterocycles. The number of nitrogens with one attached hydrogen (secondary N) is 3. The van der Waals surface area contributed by atoms with Gasteiger partial charge in [0, 0.05) is 30.1 Å². The van der Waals surface area contributed by atoms with E-state index in [1.807, 2.05) is 25.1 Å². The number of halogens is 2. The van der Waals surface area contributed by atoms with Gasteiger partial charge >= 0.3 is 5.97 Å². The summed E-state index contributed by atoms with van der Waals surface area (Å²) in [5, 5.41) is 16.6. The van der Waals surface area contributed by atoms with Gasteiger partial charge in [0.05, 0.1) is 17.6 Å². The Balaban J connectivity index is 0.00000169. The van der Waals surface area contributed by atoms with Crippen LogP contribution in [0.3, 0.4) is 0 Å². The van der Waals surface area contributed by atoms with Crippen LogP contribution >= 0.6 is 24.8 Å². The average Bonchev–Trinajstić information content (AvgIpc) is 2.58. The van der Waals surface area contributed by atoms with Crippen LogP contribution in [0.25, 0.3) is 10.9 Å². The Kier molecular flexibility index (Phi) is 8.40. The highest BCUT2D eigenvalue weighted by molar-refractivity contribution is 5.93. The summed E-state index contributed by atoms with van der Waals surface area (Å²) in [5.74, 6) is -0.796. The van der Waals surface area contributed by atoms with E-state index in [-0.39, 0.29) is 42.8 Å². The summed E-state index contributed by atoms with van der Waals surface area (Å²) < 4.78 is 0. The molecule has 1 atom stereocenters. The highest BCUT2D eigenvalue weighted by Gasteiger charge is 2.16. The molecule has 0 saturated heterocycles. The molecule has 0 fully saturated rings. The van der Waals surface area contributed by atoms with E-state index >= 15 is 0 Å². The van der Waals surface area contributed by atoms with Crippen molar-refractivity contribution >= 4 is 47.4 Å². The van der Waals surface area contributed by atoms with Gasteiger partial charge in [0.2, 0.25) is 0 Å². The first-order chi connectivity index (χ1) is 11.6. The van der Waals surface area contributed by atoms with E-state index in [4.69, 9.17) is 5.11 Å². The minimum Gasteiger partial charge on any atom is -0.481 e. The summed E-state index contributed by atoms with van der Waals surface area (Å²) in [6, 6.07) is 5.96. The second kappa shape index (κ2) is 9.80. The molecule has 1 aromatic carbocycles. The zero-order chi connectivity index (χ0) is 17.1. The molecule has 0 amide bonds. The fourth-order valence-electron chi connectivity index (χ4n) is 3.25. The van der Waals surface area contributed by atoms with E-state index in [0.717, 1.165) is 53.5 Å². The highest BCUT2D eigenvalue weighted by atomic mass is 35.5. The molecule has 0 radical (unpaired) electrons. The number of aliphatic carboxylic acids is 1. The van der Waals surface area contributed by atoms with E-state index in [0.29, 0.717) is 6.54 Å². The second-order valence-electron chi connectivity index (χ2n) is 6.30. The number of pyridine rings is 1. The van der Waals surface area contributed by atoms with Crippen LogP contribution < -0.4 is 16.2 Å². The number of benzene rings is 1. The molecule has 3 rings (SSSR count). The van der Waals surface area contributed by atoms with Gasteiger partial charge in [0.1, 0.15) is 0 Å². The average molecular weight is 402 g/mol. The van der Waals surface area contributed by atoms with Gasteiger partial charge in [-0.3, -0.25) is 9.59 Å². The monoisotopic (exact) mass is 401 g/mol. The molecule has 2 aromatic rings. The Morgan fingerprint density at radius 1 is 1.35 bits per heavy atom. The third-order valence-electron chi connectivity index (χ3n) is 4.59. The van der Waals surface area contributed by atoms with Crippen LogP contribution in [0.4, 0.5) is 5.69 Å². The van der Waals surface area contributed by atoms with E-state index < -0.39 is 5.97 Å². The van der Waals surface area contributed by atoms with Crippen molar-refractivity contribution < 1.29 is 9.90 Å². The predicted molar refractivity (Wildman–Crippen MR) is 109 cm³/mol. The van der Waals surface area contributed by atoms with E-state index in [1.54, 1.807) is 0 Å². The number of H-pyrrole nitrogens is 1. The summed E-state index contributed by atoms with van der Waals surface area (Å²) >= 11 is 0. The maximum absolute atomic E-state index is 12.2. The van der Waals surface area contributed by atoms with Crippen molar-refractivity contribution in [2.24, 2.45) is 0 Å². The van der Waals surface area contributed by atoms with Crippen LogP contribution in [-0.4, -0.2) is 28.6 Å². The lowest BCUT2D eigenvalue weighted by atomic mass is 10.0. The molecule has 0 aliphatic carbocycles. The number of aromatic amines is 1. The topological polar surface area (TPSA) is 94.2 Å². The summed E-state index contributed by atoms with van der Waals surface area (Å²) in [5.41, 5.74) is 3.62. The number of hydrogen-bond donors (Lipinski definition) is 4. The Hall–Kier alpha value is -1.76. The third-order valence-corrected chi connectivity index (χ3v) is 4.59. The first-order valence-electron chi connectivity index (χ1n) is 8.45. The number of aromatic nitrogens is 1. The molecule has 1 aliphatic rings. The Labute approximate surface area is 164 Å². The highest BCUT2D eigenvalue weighted by Crippen LogP contribution is 2.27. The van der Waals surface area contributed by atoms with Crippen LogP contribution in [0.15, 0.2) is 23.0 Å². The number of anilines is 1. The summed E-state index contributed by atoms with van der Waals surface area (Å²) in [6.45, 7) is 3.44. The minimum absolute atomic E-state index is 0. The van der Waals surface area contributed by atoms with Crippen LogP contribution in [0.1, 0.15) is 37.3 Å². The number of carbonyl (C=O) groups is 1. The van der Waals surface area contributed by atoms with E-state index in [1.165, 1.54) is 0 Å². The standard InChI is InChI=1S/C18H23N3O3.2ClH/c1-2-12(9-16(22)23)20-10-11-5-6-13-15(8-11)21-18(24)14-4-3-7-19-17(13)14;;/h5-6,8,12,19-20H,2-4,7,9-10H2,1H3,(H,21,24)(H,22,23);2*1H. The number of carboxylic acids is 1. The zero-order valence-corrected chi connectivity index (χ0v) is 16.3. The van der Waals surface area contributed by atoms with Crippen molar-refractivity contribution in [2.75, 3.05) is 11.9 Å². The minimum atomic E-state index is -0.796. The molecule has 4 N–H and O–H groups in total. The van der Waals surface area contributed by atoms with Gasteiger partial charge in [-0.05, 0) is 30.9 Å². The Bertz CT molecular complexity index is 823. The van der Waals surface area contributed by atoms with Crippen molar-refractivity contribution in [3.05, 3.63) is 39.7 Å². The van der Waals surface area contributed by atoms with Crippen LogP contribution in [0.2, 0.25) is 0 Å². The van der Waals surface area contributed by atoms with Crippen molar-refractivity contribution in [3.63, 3.8) is 0 Å². The summed E-state index contributed by atoms with van der Waals surface area (Å²) in [4.78, 5) is 26.1. The Morgan fingerprint density at radius 3 is 2.81 bits per heavy atom. The molecule has 0 spiro atoms. The van der Waals surface area contributed by atoms with Gasteiger partial charge in [0.25, 0.3) is 5.56 Å². The summed E-state index contributed by atoms with van der Waals surface area (Å²) in [6.07, 6.45) is 2.66. The predicted octanol–water partition coefficient (Wildman–Crippen LogP) is 3.07. The maximum Gasteiger partial charge on any atom is 0.304 e. The molecular formula is C18H25Cl2N3O3. The van der Waals surface area contributed by atoms with Gasteiger partial charge in [-0.1, -0.05) is 19.1 Å². The first kappa shape index (κ1) is 22.3. The molecule has 0 saturated carbocycles. The fraction of sp³-hybridized carbons (Fsp3) is 0.444. The molecular weight excluding hydrogens is 377 g/mol. The van der Waals surface area contributed by atoms with Crippen molar-refractivity contribution in [1.82, 2.24) is 10.3 Å². The lowest BCUT2D eigenvalue weighted by Gasteiger charge is -2.20. The smallest absolute Gasteiger partial charge is 0.304 e. The van der Waals surface area contributed by atoms with Crippen LogP contribution in [0, 0.1) is 0 Å². The number of fused-ring (bicyclic) bond motifs is 3. The van der Waals surface area contributed by atoms with Gasteiger partial charge in [0.15, 0.2) is 0 Å². The number of hydrogen-bond acceptors (Lipinski definition) is 4. The molecule has 2 heterocycles. The molecule has 1 unspecified atom stereocenters. The van der Waals surface area contributed by atoms with Gasteiger partial charge < -0.3 is 20.7 Å². The van der Waals surface area contributed by atoms with E-state index in [9.17, 15) is 9.59 Å². The van der Waals surface area contributed by atoms with Gasteiger partial charge in [-0.2, -0.15) is 0 Å². The molecule has 1 aromatic heterocycles. The molecule has 6 nitrogen and oxygen atoms in total. The molecule has 26 heavy (non-hydrogen) atoms. The third kappa shape index (κ3) is 4.90. The molecule has 0 bridgehead atoms.